The van der Waals surface area contributed by atoms with E-state index in [9.17, 15) is 14.7 Å². The van der Waals surface area contributed by atoms with E-state index < -0.39 is 32.0 Å². The average molecular weight is 360 g/mol. The summed E-state index contributed by atoms with van der Waals surface area (Å²) in [6.07, 6.45) is 0.295. The maximum atomic E-state index is 12.4. The third-order valence-electron chi connectivity index (χ3n) is 4.72. The van der Waals surface area contributed by atoms with Crippen molar-refractivity contribution in [3.63, 3.8) is 0 Å². The molecule has 0 aromatic heterocycles. The Morgan fingerprint density at radius 1 is 1.08 bits per heavy atom. The summed E-state index contributed by atoms with van der Waals surface area (Å²) in [6.45, 7) is 16.4. The summed E-state index contributed by atoms with van der Waals surface area (Å²) in [5.41, 5.74) is -0.659. The maximum Gasteiger partial charge on any atom is 0.411 e. The summed E-state index contributed by atoms with van der Waals surface area (Å²) < 4.78 is 11.8. The average Bonchev–Trinajstić information content (AvgIpc) is 2.34. The molecule has 1 aliphatic heterocycles. The summed E-state index contributed by atoms with van der Waals surface area (Å²) in [5.74, 6) is -0.994. The Hall–Kier alpha value is -1.08. The fourth-order valence-corrected chi connectivity index (χ4v) is 3.79. The minimum Gasteiger partial charge on any atom is -0.480 e. The Bertz CT molecular complexity index is 478. The zero-order chi connectivity index (χ0) is 18.9. The summed E-state index contributed by atoms with van der Waals surface area (Å²) >= 11 is 0. The number of likely N-dealkylation sites (tertiary alicyclic amines) is 1. The molecule has 1 amide bonds. The van der Waals surface area contributed by atoms with Gasteiger partial charge in [-0.3, -0.25) is 4.90 Å². The van der Waals surface area contributed by atoms with E-state index in [-0.39, 0.29) is 17.7 Å². The minimum atomic E-state index is -1.98. The van der Waals surface area contributed by atoms with E-state index in [4.69, 9.17) is 9.16 Å². The van der Waals surface area contributed by atoms with Gasteiger partial charge >= 0.3 is 12.1 Å². The second-order valence-electron chi connectivity index (χ2n) is 9.06. The van der Waals surface area contributed by atoms with Crippen LogP contribution in [0.1, 0.15) is 54.4 Å². The van der Waals surface area contributed by atoms with Crippen molar-refractivity contribution in [1.29, 1.82) is 0 Å². The molecule has 2 atom stereocenters. The molecule has 0 aromatic carbocycles. The van der Waals surface area contributed by atoms with Crippen LogP contribution in [0.2, 0.25) is 18.1 Å². The van der Waals surface area contributed by atoms with E-state index in [0.29, 0.717) is 12.8 Å². The van der Waals surface area contributed by atoms with Crippen molar-refractivity contribution in [2.45, 2.75) is 90.3 Å². The van der Waals surface area contributed by atoms with Gasteiger partial charge in [-0.05, 0) is 51.7 Å². The highest BCUT2D eigenvalue weighted by molar-refractivity contribution is 6.74. The molecular weight excluding hydrogens is 326 g/mol. The van der Waals surface area contributed by atoms with Crippen LogP contribution in [-0.4, -0.2) is 54.7 Å². The molecule has 7 heteroatoms. The standard InChI is InChI=1S/C17H33NO5Si/c1-16(2,3)22-15(21)18-11-12(9-10-13(18)14(19)20)23-24(7,8)17(4,5)6/h12-13H,9-11H2,1-8H3,(H,19,20)/t12?,13-/m1/s1. The molecule has 1 saturated heterocycles. The zero-order valence-electron chi connectivity index (χ0n) is 16.3. The van der Waals surface area contributed by atoms with Crippen LogP contribution in [-0.2, 0) is 14.0 Å². The molecule has 1 unspecified atom stereocenters. The van der Waals surface area contributed by atoms with Crippen molar-refractivity contribution in [1.82, 2.24) is 4.90 Å². The van der Waals surface area contributed by atoms with E-state index in [0.717, 1.165) is 0 Å². The maximum absolute atomic E-state index is 12.4. The number of amides is 1. The van der Waals surface area contributed by atoms with Crippen molar-refractivity contribution in [3.8, 4) is 0 Å². The fourth-order valence-electron chi connectivity index (χ4n) is 2.41. The van der Waals surface area contributed by atoms with E-state index >= 15 is 0 Å². The number of nitrogens with zero attached hydrogens (tertiary/aromatic N) is 1. The first-order valence-electron chi connectivity index (χ1n) is 8.54. The molecule has 0 bridgehead atoms. The van der Waals surface area contributed by atoms with Crippen molar-refractivity contribution in [2.24, 2.45) is 0 Å². The SMILES string of the molecule is CC(C)(C)OC(=O)N1CC(O[Si](C)(C)C(C)(C)C)CC[C@@H]1C(=O)O. The van der Waals surface area contributed by atoms with Gasteiger partial charge in [0.2, 0.25) is 0 Å². The third-order valence-corrected chi connectivity index (χ3v) is 9.25. The number of carboxylic acids is 1. The number of carbonyl (C=O) groups is 2. The Balaban J connectivity index is 2.90. The molecule has 1 heterocycles. The highest BCUT2D eigenvalue weighted by atomic mass is 28.4. The van der Waals surface area contributed by atoms with Crippen LogP contribution in [0.15, 0.2) is 0 Å². The van der Waals surface area contributed by atoms with Gasteiger partial charge in [-0.2, -0.15) is 0 Å². The van der Waals surface area contributed by atoms with Gasteiger partial charge in [-0.1, -0.05) is 20.8 Å². The molecule has 24 heavy (non-hydrogen) atoms. The Morgan fingerprint density at radius 2 is 1.62 bits per heavy atom. The predicted molar refractivity (Wildman–Crippen MR) is 95.7 cm³/mol. The Kier molecular flexibility index (Phi) is 6.14. The van der Waals surface area contributed by atoms with Gasteiger partial charge in [0, 0.05) is 6.54 Å². The first-order valence-corrected chi connectivity index (χ1v) is 11.4. The molecule has 1 rings (SSSR count). The zero-order valence-corrected chi connectivity index (χ0v) is 17.3. The lowest BCUT2D eigenvalue weighted by atomic mass is 10.0. The lowest BCUT2D eigenvalue weighted by Gasteiger charge is -2.44. The van der Waals surface area contributed by atoms with Crippen LogP contribution in [0.3, 0.4) is 0 Å². The highest BCUT2D eigenvalue weighted by Gasteiger charge is 2.43. The third kappa shape index (κ3) is 5.48. The number of aliphatic carboxylic acids is 1. The number of hydrogen-bond acceptors (Lipinski definition) is 4. The van der Waals surface area contributed by atoms with Crippen molar-refractivity contribution >= 4 is 20.4 Å². The second-order valence-corrected chi connectivity index (χ2v) is 13.8. The number of hydrogen-bond donors (Lipinski definition) is 1. The summed E-state index contributed by atoms with van der Waals surface area (Å²) in [5, 5.41) is 9.49. The van der Waals surface area contributed by atoms with Gasteiger partial charge in [0.05, 0.1) is 6.10 Å². The molecule has 1 N–H and O–H groups in total. The predicted octanol–water partition coefficient (Wildman–Crippen LogP) is 3.86. The van der Waals surface area contributed by atoms with Gasteiger partial charge in [0.25, 0.3) is 0 Å². The van der Waals surface area contributed by atoms with Crippen molar-refractivity contribution < 1.29 is 23.9 Å². The van der Waals surface area contributed by atoms with Gasteiger partial charge in [0.1, 0.15) is 11.6 Å². The van der Waals surface area contributed by atoms with Gasteiger partial charge in [-0.15, -0.1) is 0 Å². The molecule has 0 spiro atoms. The quantitative estimate of drug-likeness (QED) is 0.774. The molecule has 0 saturated carbocycles. The smallest absolute Gasteiger partial charge is 0.411 e. The van der Waals surface area contributed by atoms with E-state index in [1.54, 1.807) is 20.8 Å². The molecule has 6 nitrogen and oxygen atoms in total. The van der Waals surface area contributed by atoms with Crippen LogP contribution < -0.4 is 0 Å². The molecule has 0 radical (unpaired) electrons. The van der Waals surface area contributed by atoms with Crippen molar-refractivity contribution in [2.75, 3.05) is 6.54 Å². The summed E-state index contributed by atoms with van der Waals surface area (Å²) in [6, 6.07) is -0.848. The number of piperidine rings is 1. The van der Waals surface area contributed by atoms with Gasteiger partial charge < -0.3 is 14.3 Å². The number of carboxylic acid groups (broad SMARTS) is 1. The highest BCUT2D eigenvalue weighted by Crippen LogP contribution is 2.38. The monoisotopic (exact) mass is 359 g/mol. The van der Waals surface area contributed by atoms with Crippen LogP contribution >= 0.6 is 0 Å². The number of ether oxygens (including phenoxy) is 1. The Morgan fingerprint density at radius 3 is 2.04 bits per heavy atom. The molecule has 1 fully saturated rings. The molecule has 1 aliphatic rings. The second kappa shape index (κ2) is 7.04. The molecule has 0 aromatic rings. The first kappa shape index (κ1) is 21.0. The largest absolute Gasteiger partial charge is 0.480 e. The molecule has 0 aliphatic carbocycles. The van der Waals surface area contributed by atoms with Gasteiger partial charge in [0.15, 0.2) is 8.32 Å². The summed E-state index contributed by atoms with van der Waals surface area (Å²) in [7, 11) is -1.98. The van der Waals surface area contributed by atoms with Gasteiger partial charge in [-0.25, -0.2) is 9.59 Å². The fraction of sp³-hybridized carbons (Fsp3) is 0.882. The van der Waals surface area contributed by atoms with E-state index in [2.05, 4.69) is 33.9 Å². The van der Waals surface area contributed by atoms with Crippen molar-refractivity contribution in [3.05, 3.63) is 0 Å². The molecule has 140 valence electrons. The van der Waals surface area contributed by atoms with Crippen LogP contribution in [0.4, 0.5) is 4.79 Å². The minimum absolute atomic E-state index is 0.0629. The summed E-state index contributed by atoms with van der Waals surface area (Å²) in [4.78, 5) is 25.3. The van der Waals surface area contributed by atoms with Crippen LogP contribution in [0, 0.1) is 0 Å². The number of carbonyl (C=O) groups excluding carboxylic acids is 1. The topological polar surface area (TPSA) is 76.1 Å². The normalized spacial score (nSPS) is 23.1. The Labute approximate surface area is 146 Å². The lowest BCUT2D eigenvalue weighted by Crippen LogP contribution is -2.56. The first-order chi connectivity index (χ1) is 10.6. The van der Waals surface area contributed by atoms with E-state index in [1.807, 2.05) is 0 Å². The van der Waals surface area contributed by atoms with Crippen LogP contribution in [0.5, 0.6) is 0 Å². The van der Waals surface area contributed by atoms with Crippen LogP contribution in [0.25, 0.3) is 0 Å². The molecular formula is C17H33NO5Si. The number of rotatable bonds is 3. The van der Waals surface area contributed by atoms with E-state index in [1.165, 1.54) is 4.90 Å². The lowest BCUT2D eigenvalue weighted by molar-refractivity contribution is -0.145.